The van der Waals surface area contributed by atoms with Crippen molar-refractivity contribution in [1.82, 2.24) is 19.0 Å². The van der Waals surface area contributed by atoms with Crippen LogP contribution in [0.25, 0.3) is 0 Å². The topological polar surface area (TPSA) is 58.4 Å². The fourth-order valence-corrected chi connectivity index (χ4v) is 4.62. The molecule has 0 atom stereocenters. The molecule has 0 bridgehead atoms. The Bertz CT molecular complexity index is 814. The van der Waals surface area contributed by atoms with Gasteiger partial charge in [0.2, 0.25) is 10.0 Å². The highest BCUT2D eigenvalue weighted by atomic mass is 35.5. The van der Waals surface area contributed by atoms with Gasteiger partial charge in [0.05, 0.1) is 16.5 Å². The first-order valence-corrected chi connectivity index (χ1v) is 9.93. The molecule has 2 heterocycles. The van der Waals surface area contributed by atoms with Gasteiger partial charge >= 0.3 is 0 Å². The average molecular weight is 387 g/mol. The molecular formula is C16H20ClFN4O2S. The average Bonchev–Trinajstić information content (AvgIpc) is 2.99. The third kappa shape index (κ3) is 4.38. The maximum Gasteiger partial charge on any atom is 0.243 e. The zero-order valence-corrected chi connectivity index (χ0v) is 15.3. The molecule has 136 valence electrons. The van der Waals surface area contributed by atoms with Crippen molar-refractivity contribution in [2.75, 3.05) is 32.7 Å². The van der Waals surface area contributed by atoms with E-state index in [1.807, 2.05) is 16.9 Å². The highest BCUT2D eigenvalue weighted by Crippen LogP contribution is 2.23. The first-order chi connectivity index (χ1) is 12.0. The second kappa shape index (κ2) is 7.82. The van der Waals surface area contributed by atoms with Crippen LogP contribution in [0.2, 0.25) is 5.02 Å². The van der Waals surface area contributed by atoms with Gasteiger partial charge in [-0.3, -0.25) is 4.68 Å². The van der Waals surface area contributed by atoms with E-state index in [1.165, 1.54) is 16.4 Å². The van der Waals surface area contributed by atoms with Gasteiger partial charge in [-0.15, -0.1) is 0 Å². The lowest BCUT2D eigenvalue weighted by molar-refractivity contribution is 0.270. The lowest BCUT2D eigenvalue weighted by Gasteiger charge is -2.21. The molecule has 0 N–H and O–H groups in total. The van der Waals surface area contributed by atoms with E-state index in [4.69, 9.17) is 11.6 Å². The summed E-state index contributed by atoms with van der Waals surface area (Å²) in [6.45, 7) is 3.91. The second-order valence-corrected chi connectivity index (χ2v) is 8.29. The van der Waals surface area contributed by atoms with E-state index >= 15 is 0 Å². The summed E-state index contributed by atoms with van der Waals surface area (Å²) < 4.78 is 42.1. The fraction of sp³-hybridized carbons (Fsp3) is 0.438. The summed E-state index contributed by atoms with van der Waals surface area (Å²) in [5.41, 5.74) is 0. The Balaban J connectivity index is 1.64. The monoisotopic (exact) mass is 386 g/mol. The molecule has 9 heteroatoms. The van der Waals surface area contributed by atoms with Crippen LogP contribution in [0.3, 0.4) is 0 Å². The van der Waals surface area contributed by atoms with Crippen LogP contribution < -0.4 is 0 Å². The molecular weight excluding hydrogens is 367 g/mol. The van der Waals surface area contributed by atoms with Gasteiger partial charge in [0.25, 0.3) is 0 Å². The van der Waals surface area contributed by atoms with Gasteiger partial charge in [-0.05, 0) is 37.2 Å². The molecule has 0 aliphatic carbocycles. The van der Waals surface area contributed by atoms with Crippen molar-refractivity contribution < 1.29 is 12.8 Å². The number of rotatable bonds is 5. The van der Waals surface area contributed by atoms with Crippen LogP contribution in [-0.2, 0) is 16.6 Å². The van der Waals surface area contributed by atoms with Crippen LogP contribution >= 0.6 is 11.6 Å². The van der Waals surface area contributed by atoms with Gasteiger partial charge in [0, 0.05) is 38.6 Å². The number of hydrogen-bond acceptors (Lipinski definition) is 4. The smallest absolute Gasteiger partial charge is 0.243 e. The Labute approximate surface area is 151 Å². The Morgan fingerprint density at radius 2 is 2.00 bits per heavy atom. The highest BCUT2D eigenvalue weighted by Gasteiger charge is 2.27. The predicted molar refractivity (Wildman–Crippen MR) is 93.5 cm³/mol. The molecule has 1 saturated heterocycles. The molecule has 1 aromatic heterocycles. The molecule has 0 radical (unpaired) electrons. The zero-order valence-electron chi connectivity index (χ0n) is 13.7. The van der Waals surface area contributed by atoms with Gasteiger partial charge in [0.1, 0.15) is 5.82 Å². The lowest BCUT2D eigenvalue weighted by Crippen LogP contribution is -2.36. The van der Waals surface area contributed by atoms with Crippen molar-refractivity contribution in [3.63, 3.8) is 0 Å². The number of aromatic nitrogens is 2. The first kappa shape index (κ1) is 18.3. The van der Waals surface area contributed by atoms with Crippen molar-refractivity contribution in [1.29, 1.82) is 0 Å². The van der Waals surface area contributed by atoms with Crippen LogP contribution in [0.15, 0.2) is 41.6 Å². The number of nitrogens with zero attached hydrogens (tertiary/aromatic N) is 4. The minimum Gasteiger partial charge on any atom is -0.300 e. The molecule has 3 rings (SSSR count). The first-order valence-electron chi connectivity index (χ1n) is 8.12. The Morgan fingerprint density at radius 1 is 1.16 bits per heavy atom. The largest absolute Gasteiger partial charge is 0.300 e. The third-order valence-corrected chi connectivity index (χ3v) is 6.47. The van der Waals surface area contributed by atoms with Crippen molar-refractivity contribution in [2.24, 2.45) is 0 Å². The summed E-state index contributed by atoms with van der Waals surface area (Å²) in [4.78, 5) is 2.26. The van der Waals surface area contributed by atoms with E-state index in [2.05, 4.69) is 10.00 Å². The van der Waals surface area contributed by atoms with E-state index in [0.717, 1.165) is 32.1 Å². The number of halogens is 2. The Morgan fingerprint density at radius 3 is 2.72 bits per heavy atom. The quantitative estimate of drug-likeness (QED) is 0.789. The lowest BCUT2D eigenvalue weighted by atomic mass is 10.3. The summed E-state index contributed by atoms with van der Waals surface area (Å²) in [6, 6.07) is 5.40. The van der Waals surface area contributed by atoms with Gasteiger partial charge in [-0.2, -0.15) is 9.40 Å². The number of benzene rings is 1. The van der Waals surface area contributed by atoms with Crippen molar-refractivity contribution in [3.05, 3.63) is 47.5 Å². The van der Waals surface area contributed by atoms with Crippen molar-refractivity contribution in [3.8, 4) is 0 Å². The van der Waals surface area contributed by atoms with Crippen LogP contribution in [0.4, 0.5) is 4.39 Å². The molecule has 1 aliphatic rings. The molecule has 1 aromatic carbocycles. The van der Waals surface area contributed by atoms with E-state index in [-0.39, 0.29) is 9.92 Å². The van der Waals surface area contributed by atoms with Gasteiger partial charge in [-0.25, -0.2) is 12.8 Å². The number of sulfonamides is 1. The fourth-order valence-electron chi connectivity index (χ4n) is 2.87. The molecule has 2 aromatic rings. The zero-order chi connectivity index (χ0) is 17.9. The van der Waals surface area contributed by atoms with Crippen LogP contribution in [0.1, 0.15) is 6.42 Å². The SMILES string of the molecule is O=S(=O)(c1ccc(F)c(Cl)c1)N1CCCN(CCn2cccn2)CC1. The summed E-state index contributed by atoms with van der Waals surface area (Å²) in [7, 11) is -3.67. The normalized spacial score (nSPS) is 17.5. The highest BCUT2D eigenvalue weighted by molar-refractivity contribution is 7.89. The Hall–Kier alpha value is -1.48. The molecule has 1 aliphatic heterocycles. The van der Waals surface area contributed by atoms with E-state index < -0.39 is 15.8 Å². The minimum atomic E-state index is -3.67. The van der Waals surface area contributed by atoms with E-state index in [0.29, 0.717) is 19.6 Å². The molecule has 0 amide bonds. The van der Waals surface area contributed by atoms with Crippen LogP contribution in [-0.4, -0.2) is 60.1 Å². The number of hydrogen-bond donors (Lipinski definition) is 0. The molecule has 0 saturated carbocycles. The maximum atomic E-state index is 13.3. The molecule has 6 nitrogen and oxygen atoms in total. The summed E-state index contributed by atoms with van der Waals surface area (Å²) >= 11 is 5.73. The minimum absolute atomic E-state index is 0.0314. The Kier molecular flexibility index (Phi) is 5.73. The summed E-state index contributed by atoms with van der Waals surface area (Å²) in [6.07, 6.45) is 4.39. The van der Waals surface area contributed by atoms with Gasteiger partial charge in [0.15, 0.2) is 0 Å². The van der Waals surface area contributed by atoms with E-state index in [9.17, 15) is 12.8 Å². The molecule has 25 heavy (non-hydrogen) atoms. The van der Waals surface area contributed by atoms with Gasteiger partial charge in [-0.1, -0.05) is 11.6 Å². The second-order valence-electron chi connectivity index (χ2n) is 5.94. The third-order valence-electron chi connectivity index (χ3n) is 4.28. The van der Waals surface area contributed by atoms with Crippen molar-refractivity contribution >= 4 is 21.6 Å². The van der Waals surface area contributed by atoms with Crippen LogP contribution in [0, 0.1) is 5.82 Å². The standard InChI is InChI=1S/C16H20ClFN4O2S/c17-15-13-14(3-4-16(15)18)25(23,24)22-8-2-6-20(10-12-22)9-11-21-7-1-5-19-21/h1,3-5,7,13H,2,6,8-12H2. The van der Waals surface area contributed by atoms with Crippen LogP contribution in [0.5, 0.6) is 0 Å². The predicted octanol–water partition coefficient (Wildman–Crippen LogP) is 2.07. The van der Waals surface area contributed by atoms with Gasteiger partial charge < -0.3 is 4.90 Å². The van der Waals surface area contributed by atoms with Crippen molar-refractivity contribution in [2.45, 2.75) is 17.9 Å². The molecule has 0 unspecified atom stereocenters. The van der Waals surface area contributed by atoms with E-state index in [1.54, 1.807) is 6.20 Å². The summed E-state index contributed by atoms with van der Waals surface area (Å²) in [5, 5.41) is 3.99. The summed E-state index contributed by atoms with van der Waals surface area (Å²) in [5.74, 6) is -0.624. The maximum absolute atomic E-state index is 13.3. The molecule has 0 spiro atoms. The molecule has 1 fully saturated rings.